The van der Waals surface area contributed by atoms with Gasteiger partial charge in [-0.1, -0.05) is 6.42 Å². The second-order valence-corrected chi connectivity index (χ2v) is 5.00. The van der Waals surface area contributed by atoms with Crippen LogP contribution in [-0.4, -0.2) is 38.5 Å². The minimum atomic E-state index is -0.107. The smallest absolute Gasteiger partial charge is 0.242 e. The minimum absolute atomic E-state index is 0.00602. The van der Waals surface area contributed by atoms with Gasteiger partial charge in [0.2, 0.25) is 5.91 Å². The summed E-state index contributed by atoms with van der Waals surface area (Å²) in [5, 5.41) is 18.4. The van der Waals surface area contributed by atoms with Gasteiger partial charge in [-0.25, -0.2) is 4.68 Å². The lowest BCUT2D eigenvalue weighted by molar-refractivity contribution is -0.118. The molecule has 0 saturated carbocycles. The monoisotopic (exact) mass is 262 g/mol. The van der Waals surface area contributed by atoms with E-state index in [0.29, 0.717) is 5.82 Å². The van der Waals surface area contributed by atoms with Crippen LogP contribution >= 0.6 is 0 Å². The van der Waals surface area contributed by atoms with Crippen molar-refractivity contribution in [2.45, 2.75) is 32.2 Å². The van der Waals surface area contributed by atoms with E-state index >= 15 is 0 Å². The molecule has 0 aliphatic carbocycles. The molecule has 19 heavy (non-hydrogen) atoms. The van der Waals surface area contributed by atoms with E-state index in [-0.39, 0.29) is 11.9 Å². The molecular weight excluding hydrogens is 244 g/mol. The number of anilines is 1. The molecule has 2 aromatic rings. The quantitative estimate of drug-likeness (QED) is 0.743. The number of hydrogen-bond donors (Lipinski definition) is 3. The number of H-pyrrole nitrogens is 1. The summed E-state index contributed by atoms with van der Waals surface area (Å²) in [6.45, 7) is 2.81. The number of aromatic amines is 1. The lowest BCUT2D eigenvalue weighted by Crippen LogP contribution is -2.43. The molecule has 3 N–H and O–H groups in total. The number of nitrogens with zero attached hydrogens (tertiary/aromatic N) is 3. The molecule has 0 aromatic carbocycles. The number of aryl methyl sites for hydroxylation is 2. The predicted octanol–water partition coefficient (Wildman–Crippen LogP) is 0.685. The lowest BCUT2D eigenvalue weighted by Gasteiger charge is -2.22. The molecule has 3 heterocycles. The molecule has 7 nitrogen and oxygen atoms in total. The standard InChI is InChI=1S/C12H18N6O/c1-7-9-10(15-16-11(9)18(2)17-7)14-12(19)8-5-3-4-6-13-8/h8,13H,3-6H2,1-2H3,(H2,14,15,16,19). The summed E-state index contributed by atoms with van der Waals surface area (Å²) in [6, 6.07) is -0.107. The molecular formula is C12H18N6O. The Labute approximate surface area is 110 Å². The van der Waals surface area contributed by atoms with Crippen molar-refractivity contribution in [1.82, 2.24) is 25.3 Å². The molecule has 1 amide bonds. The fourth-order valence-corrected chi connectivity index (χ4v) is 2.61. The maximum Gasteiger partial charge on any atom is 0.242 e. The molecule has 2 aromatic heterocycles. The highest BCUT2D eigenvalue weighted by Crippen LogP contribution is 2.23. The number of carbonyl (C=O) groups is 1. The van der Waals surface area contributed by atoms with E-state index < -0.39 is 0 Å². The number of rotatable bonds is 2. The van der Waals surface area contributed by atoms with E-state index in [1.807, 2.05) is 14.0 Å². The molecule has 1 aliphatic heterocycles. The van der Waals surface area contributed by atoms with Gasteiger partial charge in [-0.3, -0.25) is 9.89 Å². The summed E-state index contributed by atoms with van der Waals surface area (Å²) in [7, 11) is 1.84. The summed E-state index contributed by atoms with van der Waals surface area (Å²) < 4.78 is 1.70. The molecule has 1 aliphatic rings. The summed E-state index contributed by atoms with van der Waals surface area (Å²) >= 11 is 0. The average Bonchev–Trinajstić information content (AvgIpc) is 2.94. The summed E-state index contributed by atoms with van der Waals surface area (Å²) in [5.41, 5.74) is 1.61. The van der Waals surface area contributed by atoms with Gasteiger partial charge in [-0.2, -0.15) is 10.2 Å². The maximum absolute atomic E-state index is 12.2. The third kappa shape index (κ3) is 2.10. The van der Waals surface area contributed by atoms with Gasteiger partial charge < -0.3 is 10.6 Å². The van der Waals surface area contributed by atoms with E-state index in [1.54, 1.807) is 4.68 Å². The highest BCUT2D eigenvalue weighted by Gasteiger charge is 2.22. The zero-order valence-corrected chi connectivity index (χ0v) is 11.2. The number of carbonyl (C=O) groups excluding carboxylic acids is 1. The lowest BCUT2D eigenvalue weighted by atomic mass is 10.0. The highest BCUT2D eigenvalue weighted by atomic mass is 16.2. The number of hydrogen-bond acceptors (Lipinski definition) is 4. The van der Waals surface area contributed by atoms with E-state index in [9.17, 15) is 4.79 Å². The Kier molecular flexibility index (Phi) is 2.98. The molecule has 1 fully saturated rings. The number of amides is 1. The van der Waals surface area contributed by atoms with E-state index in [2.05, 4.69) is 25.9 Å². The predicted molar refractivity (Wildman–Crippen MR) is 71.9 cm³/mol. The van der Waals surface area contributed by atoms with Crippen LogP contribution in [0, 0.1) is 6.92 Å². The van der Waals surface area contributed by atoms with Crippen LogP contribution in [0.5, 0.6) is 0 Å². The Hall–Kier alpha value is -1.89. The van der Waals surface area contributed by atoms with Crippen LogP contribution in [0.1, 0.15) is 25.0 Å². The SMILES string of the molecule is Cc1nn(C)c2n[nH]c(NC(=O)C3CCCCN3)c12. The summed E-state index contributed by atoms with van der Waals surface area (Å²) in [4.78, 5) is 12.2. The van der Waals surface area contributed by atoms with E-state index in [0.717, 1.165) is 42.5 Å². The zero-order chi connectivity index (χ0) is 13.4. The molecule has 1 unspecified atom stereocenters. The van der Waals surface area contributed by atoms with Crippen LogP contribution in [0.3, 0.4) is 0 Å². The van der Waals surface area contributed by atoms with Crippen molar-refractivity contribution in [3.63, 3.8) is 0 Å². The Morgan fingerprint density at radius 1 is 1.47 bits per heavy atom. The van der Waals surface area contributed by atoms with Gasteiger partial charge in [0.15, 0.2) is 5.65 Å². The largest absolute Gasteiger partial charge is 0.309 e. The van der Waals surface area contributed by atoms with Gasteiger partial charge in [0.1, 0.15) is 5.82 Å². The summed E-state index contributed by atoms with van der Waals surface area (Å²) in [5.74, 6) is 0.631. The Bertz CT molecular complexity index is 607. The van der Waals surface area contributed by atoms with Gasteiger partial charge in [0.25, 0.3) is 0 Å². The van der Waals surface area contributed by atoms with Gasteiger partial charge in [-0.05, 0) is 26.3 Å². The Morgan fingerprint density at radius 3 is 3.05 bits per heavy atom. The van der Waals surface area contributed by atoms with Crippen molar-refractivity contribution in [2.75, 3.05) is 11.9 Å². The van der Waals surface area contributed by atoms with Gasteiger partial charge in [-0.15, -0.1) is 0 Å². The van der Waals surface area contributed by atoms with Gasteiger partial charge in [0.05, 0.1) is 17.1 Å². The molecule has 102 valence electrons. The molecule has 3 rings (SSSR count). The summed E-state index contributed by atoms with van der Waals surface area (Å²) in [6.07, 6.45) is 3.12. The fourth-order valence-electron chi connectivity index (χ4n) is 2.61. The maximum atomic E-state index is 12.2. The van der Waals surface area contributed by atoms with Crippen molar-refractivity contribution in [3.8, 4) is 0 Å². The van der Waals surface area contributed by atoms with Gasteiger partial charge >= 0.3 is 0 Å². The zero-order valence-electron chi connectivity index (χ0n) is 11.2. The van der Waals surface area contributed by atoms with Crippen LogP contribution in [-0.2, 0) is 11.8 Å². The number of piperidine rings is 1. The minimum Gasteiger partial charge on any atom is -0.309 e. The average molecular weight is 262 g/mol. The third-order valence-corrected chi connectivity index (χ3v) is 3.59. The molecule has 7 heteroatoms. The van der Waals surface area contributed by atoms with Crippen molar-refractivity contribution in [1.29, 1.82) is 0 Å². The molecule has 0 radical (unpaired) electrons. The van der Waals surface area contributed by atoms with Crippen LogP contribution in [0.2, 0.25) is 0 Å². The molecule has 0 bridgehead atoms. The van der Waals surface area contributed by atoms with Crippen molar-refractivity contribution < 1.29 is 4.79 Å². The first-order valence-electron chi connectivity index (χ1n) is 6.58. The van der Waals surface area contributed by atoms with Crippen LogP contribution in [0.4, 0.5) is 5.82 Å². The second kappa shape index (κ2) is 4.65. The van der Waals surface area contributed by atoms with Crippen LogP contribution < -0.4 is 10.6 Å². The van der Waals surface area contributed by atoms with Crippen LogP contribution in [0.15, 0.2) is 0 Å². The first-order chi connectivity index (χ1) is 9.16. The van der Waals surface area contributed by atoms with Crippen LogP contribution in [0.25, 0.3) is 11.0 Å². The molecule has 0 spiro atoms. The highest BCUT2D eigenvalue weighted by molar-refractivity contribution is 6.01. The Morgan fingerprint density at radius 2 is 2.32 bits per heavy atom. The number of fused-ring (bicyclic) bond motifs is 1. The molecule has 1 saturated heterocycles. The van der Waals surface area contributed by atoms with Crippen molar-refractivity contribution in [3.05, 3.63) is 5.69 Å². The van der Waals surface area contributed by atoms with E-state index in [4.69, 9.17) is 0 Å². The van der Waals surface area contributed by atoms with Crippen molar-refractivity contribution >= 4 is 22.8 Å². The number of aromatic nitrogens is 4. The second-order valence-electron chi connectivity index (χ2n) is 5.00. The number of nitrogens with one attached hydrogen (secondary N) is 3. The van der Waals surface area contributed by atoms with Gasteiger partial charge in [0, 0.05) is 7.05 Å². The topological polar surface area (TPSA) is 87.6 Å². The molecule has 1 atom stereocenters. The first kappa shape index (κ1) is 12.2. The fraction of sp³-hybridized carbons (Fsp3) is 0.583. The van der Waals surface area contributed by atoms with E-state index in [1.165, 1.54) is 0 Å². The Balaban J connectivity index is 1.83. The third-order valence-electron chi connectivity index (χ3n) is 3.59. The van der Waals surface area contributed by atoms with Crippen molar-refractivity contribution in [2.24, 2.45) is 7.05 Å². The normalized spacial score (nSPS) is 19.8. The first-order valence-corrected chi connectivity index (χ1v) is 6.58.